The van der Waals surface area contributed by atoms with Crippen molar-refractivity contribution in [3.8, 4) is 12.3 Å². The van der Waals surface area contributed by atoms with E-state index in [2.05, 4.69) is 26.3 Å². The van der Waals surface area contributed by atoms with Crippen LogP contribution in [0.5, 0.6) is 0 Å². The van der Waals surface area contributed by atoms with Crippen molar-refractivity contribution in [1.82, 2.24) is 0 Å². The fraction of sp³-hybridized carbons (Fsp3) is 0.600. The molecule has 2 unspecified atom stereocenters. The van der Waals surface area contributed by atoms with Crippen LogP contribution in [0.2, 0.25) is 0 Å². The molecule has 0 heterocycles. The molecule has 0 amide bonds. The Kier molecular flexibility index (Phi) is 4.76. The average Bonchev–Trinajstić information content (AvgIpc) is 1.91. The molecule has 0 aliphatic carbocycles. The van der Waals surface area contributed by atoms with Gasteiger partial charge in [0.1, 0.15) is 0 Å². The van der Waals surface area contributed by atoms with Crippen molar-refractivity contribution in [3.63, 3.8) is 0 Å². The third-order valence-electron chi connectivity index (χ3n) is 1.88. The largest absolute Gasteiger partial charge is 0.120 e. The molecule has 56 valence electrons. The second-order valence-corrected chi connectivity index (χ2v) is 2.68. The lowest BCUT2D eigenvalue weighted by Crippen LogP contribution is -2.06. The second-order valence-electron chi connectivity index (χ2n) is 2.68. The summed E-state index contributed by atoms with van der Waals surface area (Å²) in [6.07, 6.45) is 9.37. The van der Waals surface area contributed by atoms with Gasteiger partial charge in [0.05, 0.1) is 0 Å². The Morgan fingerprint density at radius 3 is 2.60 bits per heavy atom. The van der Waals surface area contributed by atoms with E-state index >= 15 is 0 Å². The van der Waals surface area contributed by atoms with Gasteiger partial charge in [-0.15, -0.1) is 18.9 Å². The maximum Gasteiger partial charge on any atom is 0.0226 e. The molecule has 10 heavy (non-hydrogen) atoms. The molecule has 0 aliphatic heterocycles. The molecule has 0 heteroatoms. The zero-order valence-corrected chi connectivity index (χ0v) is 6.93. The minimum absolute atomic E-state index is 0.429. The quantitative estimate of drug-likeness (QED) is 0.412. The van der Waals surface area contributed by atoms with Crippen LogP contribution in [0.4, 0.5) is 0 Å². The van der Waals surface area contributed by atoms with Crippen LogP contribution >= 0.6 is 0 Å². The van der Waals surface area contributed by atoms with Crippen molar-refractivity contribution < 1.29 is 0 Å². The molecule has 0 N–H and O–H groups in total. The Balaban J connectivity index is 3.78. The van der Waals surface area contributed by atoms with Gasteiger partial charge in [0, 0.05) is 5.92 Å². The standard InChI is InChI=1S/C10H16/c1-5-8-9(4)10(6-2)7-3/h2,5,9-10H,1,7-8H2,3-4H3. The van der Waals surface area contributed by atoms with Gasteiger partial charge in [-0.1, -0.05) is 19.9 Å². The van der Waals surface area contributed by atoms with Gasteiger partial charge >= 0.3 is 0 Å². The Bertz CT molecular complexity index is 127. The first-order valence-corrected chi connectivity index (χ1v) is 3.83. The summed E-state index contributed by atoms with van der Waals surface area (Å²) in [6, 6.07) is 0. The molecule has 0 rings (SSSR count). The van der Waals surface area contributed by atoms with Gasteiger partial charge in [-0.05, 0) is 18.8 Å². The lowest BCUT2D eigenvalue weighted by Gasteiger charge is -2.14. The molecular formula is C10H16. The van der Waals surface area contributed by atoms with E-state index in [0.717, 1.165) is 12.8 Å². The molecular weight excluding hydrogens is 120 g/mol. The SMILES string of the molecule is C#CC(CC)C(C)CC=C. The monoisotopic (exact) mass is 136 g/mol. The molecule has 0 nitrogen and oxygen atoms in total. The third-order valence-corrected chi connectivity index (χ3v) is 1.88. The summed E-state index contributed by atoms with van der Waals surface area (Å²) in [5.41, 5.74) is 0. The van der Waals surface area contributed by atoms with E-state index < -0.39 is 0 Å². The molecule has 0 aromatic rings. The molecule has 0 aliphatic rings. The molecule has 0 aromatic carbocycles. The van der Waals surface area contributed by atoms with E-state index in [1.165, 1.54) is 0 Å². The lowest BCUT2D eigenvalue weighted by atomic mass is 9.90. The van der Waals surface area contributed by atoms with E-state index in [1.807, 2.05) is 6.08 Å². The van der Waals surface area contributed by atoms with Crippen LogP contribution in [-0.4, -0.2) is 0 Å². The van der Waals surface area contributed by atoms with Crippen molar-refractivity contribution in [2.45, 2.75) is 26.7 Å². The van der Waals surface area contributed by atoms with Crippen molar-refractivity contribution in [2.75, 3.05) is 0 Å². The maximum atomic E-state index is 5.33. The first kappa shape index (κ1) is 9.30. The van der Waals surface area contributed by atoms with E-state index in [0.29, 0.717) is 11.8 Å². The van der Waals surface area contributed by atoms with Gasteiger partial charge in [-0.2, -0.15) is 0 Å². The highest BCUT2D eigenvalue weighted by atomic mass is 14.1. The van der Waals surface area contributed by atoms with E-state index in [1.54, 1.807) is 0 Å². The summed E-state index contributed by atoms with van der Waals surface area (Å²) < 4.78 is 0. The van der Waals surface area contributed by atoms with Crippen molar-refractivity contribution in [2.24, 2.45) is 11.8 Å². The third kappa shape index (κ3) is 2.73. The second kappa shape index (κ2) is 5.11. The Hall–Kier alpha value is -0.700. The summed E-state index contributed by atoms with van der Waals surface area (Å²) in [5, 5.41) is 0. The zero-order chi connectivity index (χ0) is 7.98. The predicted octanol–water partition coefficient (Wildman–Crippen LogP) is 2.86. The smallest absolute Gasteiger partial charge is 0.0226 e. The summed E-state index contributed by atoms with van der Waals surface area (Å²) in [4.78, 5) is 0. The van der Waals surface area contributed by atoms with Crippen LogP contribution in [0.3, 0.4) is 0 Å². The molecule has 0 spiro atoms. The highest BCUT2D eigenvalue weighted by Crippen LogP contribution is 2.17. The Labute approximate surface area is 64.3 Å². The van der Waals surface area contributed by atoms with Crippen LogP contribution in [0.15, 0.2) is 12.7 Å². The van der Waals surface area contributed by atoms with Crippen LogP contribution < -0.4 is 0 Å². The summed E-state index contributed by atoms with van der Waals surface area (Å²) >= 11 is 0. The zero-order valence-electron chi connectivity index (χ0n) is 6.93. The molecule has 0 radical (unpaired) electrons. The van der Waals surface area contributed by atoms with Gasteiger partial charge in [0.15, 0.2) is 0 Å². The van der Waals surface area contributed by atoms with E-state index in [9.17, 15) is 0 Å². The van der Waals surface area contributed by atoms with Gasteiger partial charge in [-0.25, -0.2) is 0 Å². The van der Waals surface area contributed by atoms with Crippen LogP contribution in [0.1, 0.15) is 26.7 Å². The first-order valence-electron chi connectivity index (χ1n) is 3.83. The Morgan fingerprint density at radius 2 is 2.30 bits per heavy atom. The molecule has 0 bridgehead atoms. The van der Waals surface area contributed by atoms with E-state index in [-0.39, 0.29) is 0 Å². The van der Waals surface area contributed by atoms with Crippen LogP contribution in [0.25, 0.3) is 0 Å². The normalized spacial score (nSPS) is 15.3. The summed E-state index contributed by atoms with van der Waals surface area (Å²) in [5.74, 6) is 3.81. The summed E-state index contributed by atoms with van der Waals surface area (Å²) in [7, 11) is 0. The number of terminal acetylenes is 1. The minimum Gasteiger partial charge on any atom is -0.120 e. The van der Waals surface area contributed by atoms with Crippen LogP contribution in [-0.2, 0) is 0 Å². The fourth-order valence-corrected chi connectivity index (χ4v) is 1.11. The highest BCUT2D eigenvalue weighted by Gasteiger charge is 2.09. The molecule has 0 saturated carbocycles. The fourth-order valence-electron chi connectivity index (χ4n) is 1.11. The maximum absolute atomic E-state index is 5.33. The Morgan fingerprint density at radius 1 is 1.70 bits per heavy atom. The number of rotatable bonds is 4. The van der Waals surface area contributed by atoms with Crippen molar-refractivity contribution >= 4 is 0 Å². The average molecular weight is 136 g/mol. The topological polar surface area (TPSA) is 0 Å². The minimum atomic E-state index is 0.429. The van der Waals surface area contributed by atoms with Gasteiger partial charge < -0.3 is 0 Å². The van der Waals surface area contributed by atoms with Gasteiger partial charge in [0.25, 0.3) is 0 Å². The first-order chi connectivity index (χ1) is 4.76. The summed E-state index contributed by atoms with van der Waals surface area (Å²) in [6.45, 7) is 7.99. The molecule has 0 saturated heterocycles. The van der Waals surface area contributed by atoms with Crippen LogP contribution in [0, 0.1) is 24.2 Å². The van der Waals surface area contributed by atoms with Crippen molar-refractivity contribution in [3.05, 3.63) is 12.7 Å². The highest BCUT2D eigenvalue weighted by molar-refractivity contribution is 4.95. The van der Waals surface area contributed by atoms with E-state index in [4.69, 9.17) is 6.42 Å². The lowest BCUT2D eigenvalue weighted by molar-refractivity contribution is 0.436. The number of hydrogen-bond acceptors (Lipinski definition) is 0. The molecule has 0 fully saturated rings. The number of allylic oxidation sites excluding steroid dienone is 1. The van der Waals surface area contributed by atoms with Gasteiger partial charge in [0.2, 0.25) is 0 Å². The number of hydrogen-bond donors (Lipinski definition) is 0. The molecule has 0 aromatic heterocycles. The van der Waals surface area contributed by atoms with Crippen molar-refractivity contribution in [1.29, 1.82) is 0 Å². The molecule has 2 atom stereocenters. The van der Waals surface area contributed by atoms with Gasteiger partial charge in [-0.3, -0.25) is 0 Å². The predicted molar refractivity (Wildman–Crippen MR) is 46.6 cm³/mol.